The van der Waals surface area contributed by atoms with Crippen molar-refractivity contribution in [3.63, 3.8) is 0 Å². The summed E-state index contributed by atoms with van der Waals surface area (Å²) >= 11 is 0. The first-order valence-corrected chi connectivity index (χ1v) is 5.37. The van der Waals surface area contributed by atoms with Gasteiger partial charge in [-0.2, -0.15) is 0 Å². The molecule has 0 spiro atoms. The second-order valence-corrected chi connectivity index (χ2v) is 4.21. The van der Waals surface area contributed by atoms with Gasteiger partial charge in [0.05, 0.1) is 0 Å². The van der Waals surface area contributed by atoms with Crippen molar-refractivity contribution in [3.8, 4) is 0 Å². The normalized spacial score (nSPS) is 31.4. The molecule has 0 bridgehead atoms. The van der Waals surface area contributed by atoms with Crippen LogP contribution in [0.15, 0.2) is 23.8 Å². The predicted molar refractivity (Wildman–Crippen MR) is 48.2 cm³/mol. The van der Waals surface area contributed by atoms with Crippen molar-refractivity contribution in [2.45, 2.75) is 12.2 Å². The lowest BCUT2D eigenvalue weighted by atomic mass is 10.0. The average molecular weight is 188 g/mol. The average Bonchev–Trinajstić information content (AvgIpc) is 1.98. The van der Waals surface area contributed by atoms with E-state index in [0.717, 1.165) is 0 Å². The molecule has 1 rings (SSSR count). The summed E-state index contributed by atoms with van der Waals surface area (Å²) in [7, 11) is -0.972. The van der Waals surface area contributed by atoms with Gasteiger partial charge in [0.25, 0.3) is 0 Å². The van der Waals surface area contributed by atoms with Crippen molar-refractivity contribution in [2.75, 3.05) is 12.0 Å². The molecule has 1 aliphatic rings. The summed E-state index contributed by atoms with van der Waals surface area (Å²) in [5.41, 5.74) is 0.630. The zero-order valence-electron chi connectivity index (χ0n) is 6.80. The van der Waals surface area contributed by atoms with Gasteiger partial charge in [0.1, 0.15) is 12.2 Å². The summed E-state index contributed by atoms with van der Waals surface area (Å²) in [5.74, 6) is 0.322. The molecule has 2 N–H and O–H groups in total. The van der Waals surface area contributed by atoms with Crippen LogP contribution >= 0.6 is 0 Å². The molecule has 0 heterocycles. The third kappa shape index (κ3) is 2.27. The van der Waals surface area contributed by atoms with Crippen molar-refractivity contribution in [1.82, 2.24) is 0 Å². The molecule has 1 aliphatic carbocycles. The smallest absolute Gasteiger partial charge is 0.106 e. The van der Waals surface area contributed by atoms with Crippen LogP contribution in [0.5, 0.6) is 0 Å². The van der Waals surface area contributed by atoms with Crippen LogP contribution in [-0.2, 0) is 10.8 Å². The standard InChI is InChI=1S/C8H12O3S/c1-12(11)5-6-3-2-4-7(9)8(6)10/h2-4,7-10H,5H2,1H3/t7-,8+,12-/m0/s1. The molecular formula is C8H12O3S. The van der Waals surface area contributed by atoms with Crippen molar-refractivity contribution >= 4 is 10.8 Å². The van der Waals surface area contributed by atoms with E-state index in [1.165, 1.54) is 6.08 Å². The highest BCUT2D eigenvalue weighted by molar-refractivity contribution is 7.84. The van der Waals surface area contributed by atoms with Gasteiger partial charge in [-0.3, -0.25) is 4.21 Å². The van der Waals surface area contributed by atoms with Crippen LogP contribution < -0.4 is 0 Å². The molecule has 68 valence electrons. The fourth-order valence-electron chi connectivity index (χ4n) is 1.08. The van der Waals surface area contributed by atoms with E-state index in [4.69, 9.17) is 0 Å². The Balaban J connectivity index is 2.69. The van der Waals surface area contributed by atoms with E-state index in [0.29, 0.717) is 11.3 Å². The predicted octanol–water partition coefficient (Wildman–Crippen LogP) is -0.417. The van der Waals surface area contributed by atoms with E-state index >= 15 is 0 Å². The Morgan fingerprint density at radius 2 is 2.25 bits per heavy atom. The van der Waals surface area contributed by atoms with E-state index in [1.54, 1.807) is 18.4 Å². The maximum absolute atomic E-state index is 10.8. The summed E-state index contributed by atoms with van der Waals surface area (Å²) < 4.78 is 10.8. The summed E-state index contributed by atoms with van der Waals surface area (Å²) in [6.45, 7) is 0. The second-order valence-electron chi connectivity index (χ2n) is 2.78. The quantitative estimate of drug-likeness (QED) is 0.619. The Hall–Kier alpha value is -0.450. The maximum Gasteiger partial charge on any atom is 0.106 e. The highest BCUT2D eigenvalue weighted by atomic mass is 32.2. The Kier molecular flexibility index (Phi) is 3.20. The van der Waals surface area contributed by atoms with Crippen LogP contribution in [0.2, 0.25) is 0 Å². The first-order valence-electron chi connectivity index (χ1n) is 3.64. The van der Waals surface area contributed by atoms with E-state index in [9.17, 15) is 14.4 Å². The molecule has 0 saturated carbocycles. The highest BCUT2D eigenvalue weighted by Crippen LogP contribution is 2.14. The summed E-state index contributed by atoms with van der Waals surface area (Å²) in [6.07, 6.45) is 4.69. The minimum Gasteiger partial charge on any atom is -0.386 e. The Morgan fingerprint density at radius 1 is 1.58 bits per heavy atom. The Morgan fingerprint density at radius 3 is 2.83 bits per heavy atom. The van der Waals surface area contributed by atoms with Crippen LogP contribution in [0.25, 0.3) is 0 Å². The van der Waals surface area contributed by atoms with Gasteiger partial charge in [-0.05, 0) is 5.57 Å². The number of aliphatic hydroxyl groups is 2. The lowest BCUT2D eigenvalue weighted by Crippen LogP contribution is -2.29. The molecule has 3 nitrogen and oxygen atoms in total. The SMILES string of the molecule is C[S@](=O)CC1=CC=C[C@H](O)[C@@H]1O. The van der Waals surface area contributed by atoms with Crippen LogP contribution in [0.4, 0.5) is 0 Å². The first-order chi connectivity index (χ1) is 5.61. The van der Waals surface area contributed by atoms with Gasteiger partial charge in [0.2, 0.25) is 0 Å². The van der Waals surface area contributed by atoms with Gasteiger partial charge in [0, 0.05) is 22.8 Å². The van der Waals surface area contributed by atoms with E-state index in [2.05, 4.69) is 0 Å². The zero-order chi connectivity index (χ0) is 9.14. The van der Waals surface area contributed by atoms with Crippen molar-refractivity contribution in [3.05, 3.63) is 23.8 Å². The van der Waals surface area contributed by atoms with Crippen LogP contribution in [0.1, 0.15) is 0 Å². The largest absolute Gasteiger partial charge is 0.386 e. The second kappa shape index (κ2) is 3.98. The highest BCUT2D eigenvalue weighted by Gasteiger charge is 2.20. The number of hydrogen-bond donors (Lipinski definition) is 2. The first kappa shape index (κ1) is 9.64. The lowest BCUT2D eigenvalue weighted by Gasteiger charge is -2.20. The molecule has 0 unspecified atom stereocenters. The molecule has 0 saturated heterocycles. The van der Waals surface area contributed by atoms with Crippen molar-refractivity contribution < 1.29 is 14.4 Å². The van der Waals surface area contributed by atoms with E-state index < -0.39 is 23.0 Å². The molecule has 4 heteroatoms. The molecule has 0 aromatic rings. The monoisotopic (exact) mass is 188 g/mol. The molecule has 0 radical (unpaired) electrons. The van der Waals surface area contributed by atoms with Gasteiger partial charge in [0.15, 0.2) is 0 Å². The molecule has 0 aromatic heterocycles. The fourth-order valence-corrected chi connectivity index (χ4v) is 1.82. The van der Waals surface area contributed by atoms with E-state index in [-0.39, 0.29) is 0 Å². The van der Waals surface area contributed by atoms with Gasteiger partial charge in [-0.25, -0.2) is 0 Å². The molecule has 0 amide bonds. The third-order valence-corrected chi connectivity index (χ3v) is 2.43. The van der Waals surface area contributed by atoms with Crippen molar-refractivity contribution in [1.29, 1.82) is 0 Å². The van der Waals surface area contributed by atoms with Crippen LogP contribution in [0, 0.1) is 0 Å². The minimum absolute atomic E-state index is 0.322. The summed E-state index contributed by atoms with van der Waals surface area (Å²) in [5, 5.41) is 18.6. The summed E-state index contributed by atoms with van der Waals surface area (Å²) in [4.78, 5) is 0. The molecule has 3 atom stereocenters. The molecule has 12 heavy (non-hydrogen) atoms. The van der Waals surface area contributed by atoms with Gasteiger partial charge in [-0.1, -0.05) is 18.2 Å². The lowest BCUT2D eigenvalue weighted by molar-refractivity contribution is 0.0719. The topological polar surface area (TPSA) is 57.5 Å². The molecular weight excluding hydrogens is 176 g/mol. The van der Waals surface area contributed by atoms with E-state index in [1.807, 2.05) is 0 Å². The number of hydrogen-bond acceptors (Lipinski definition) is 3. The molecule has 0 fully saturated rings. The van der Waals surface area contributed by atoms with Gasteiger partial charge < -0.3 is 10.2 Å². The zero-order valence-corrected chi connectivity index (χ0v) is 7.62. The Bertz CT molecular complexity index is 245. The number of rotatable bonds is 2. The van der Waals surface area contributed by atoms with Gasteiger partial charge in [-0.15, -0.1) is 0 Å². The maximum atomic E-state index is 10.8. The summed E-state index contributed by atoms with van der Waals surface area (Å²) in [6, 6.07) is 0. The number of allylic oxidation sites excluding steroid dienone is 2. The fraction of sp³-hybridized carbons (Fsp3) is 0.500. The van der Waals surface area contributed by atoms with Crippen molar-refractivity contribution in [2.24, 2.45) is 0 Å². The molecule has 0 aromatic carbocycles. The van der Waals surface area contributed by atoms with Gasteiger partial charge >= 0.3 is 0 Å². The Labute approximate surface area is 73.9 Å². The number of aliphatic hydroxyl groups excluding tert-OH is 2. The van der Waals surface area contributed by atoms with Crippen LogP contribution in [-0.4, -0.2) is 38.6 Å². The molecule has 0 aliphatic heterocycles. The minimum atomic E-state index is -0.972. The third-order valence-electron chi connectivity index (χ3n) is 1.69. The van der Waals surface area contributed by atoms with Crippen LogP contribution in [0.3, 0.4) is 0 Å².